The van der Waals surface area contributed by atoms with E-state index in [2.05, 4.69) is 10.6 Å². The predicted octanol–water partition coefficient (Wildman–Crippen LogP) is 2.68. The van der Waals surface area contributed by atoms with Crippen LogP contribution < -0.4 is 10.6 Å². The summed E-state index contributed by atoms with van der Waals surface area (Å²) in [6, 6.07) is 5.39. The molecule has 6 heteroatoms. The number of benzene rings is 1. The van der Waals surface area contributed by atoms with Crippen molar-refractivity contribution in [2.45, 2.75) is 70.4 Å². The number of carbonyl (C=O) groups excluding carboxylic acids is 3. The van der Waals surface area contributed by atoms with Crippen LogP contribution in [-0.4, -0.2) is 41.2 Å². The molecule has 0 aromatic heterocycles. The SMILES string of the molecule is Cc1cccc(C)c1NC(=O)C1(N(C)C(=O)C2CCC(=O)N2)CCCCC1. The Morgan fingerprint density at radius 1 is 1.15 bits per heavy atom. The quantitative estimate of drug-likeness (QED) is 0.854. The number of para-hydroxylation sites is 1. The Morgan fingerprint density at radius 2 is 1.78 bits per heavy atom. The van der Waals surface area contributed by atoms with Crippen molar-refractivity contribution in [2.24, 2.45) is 0 Å². The smallest absolute Gasteiger partial charge is 0.250 e. The average molecular weight is 371 g/mol. The van der Waals surface area contributed by atoms with Crippen molar-refractivity contribution in [3.63, 3.8) is 0 Å². The molecule has 146 valence electrons. The molecule has 0 radical (unpaired) electrons. The second-order valence-corrected chi connectivity index (χ2v) is 7.87. The van der Waals surface area contributed by atoms with Crippen LogP contribution in [0.25, 0.3) is 0 Å². The van der Waals surface area contributed by atoms with Gasteiger partial charge in [0.15, 0.2) is 0 Å². The van der Waals surface area contributed by atoms with Crippen molar-refractivity contribution in [1.82, 2.24) is 10.2 Å². The van der Waals surface area contributed by atoms with Crippen LogP contribution in [0.4, 0.5) is 5.69 Å². The van der Waals surface area contributed by atoms with Gasteiger partial charge in [-0.15, -0.1) is 0 Å². The maximum atomic E-state index is 13.4. The van der Waals surface area contributed by atoms with Gasteiger partial charge in [-0.05, 0) is 44.2 Å². The zero-order chi connectivity index (χ0) is 19.6. The van der Waals surface area contributed by atoms with Crippen LogP contribution in [0.5, 0.6) is 0 Å². The molecular formula is C21H29N3O3. The van der Waals surface area contributed by atoms with E-state index < -0.39 is 11.6 Å². The van der Waals surface area contributed by atoms with Gasteiger partial charge in [0.2, 0.25) is 17.7 Å². The number of hydrogen-bond donors (Lipinski definition) is 2. The summed E-state index contributed by atoms with van der Waals surface area (Å²) in [5.74, 6) is -0.390. The lowest BCUT2D eigenvalue weighted by Gasteiger charge is -2.44. The van der Waals surface area contributed by atoms with Gasteiger partial charge in [-0.2, -0.15) is 0 Å². The Balaban J connectivity index is 1.86. The normalized spacial score (nSPS) is 21.4. The van der Waals surface area contributed by atoms with Crippen LogP contribution in [0.1, 0.15) is 56.1 Å². The molecule has 0 spiro atoms. The number of aryl methyl sites for hydroxylation is 2. The molecule has 2 aliphatic rings. The van der Waals surface area contributed by atoms with Gasteiger partial charge in [0.05, 0.1) is 0 Å². The maximum absolute atomic E-state index is 13.4. The van der Waals surface area contributed by atoms with Gasteiger partial charge < -0.3 is 15.5 Å². The van der Waals surface area contributed by atoms with Crippen molar-refractivity contribution < 1.29 is 14.4 Å². The van der Waals surface area contributed by atoms with Crippen molar-refractivity contribution in [2.75, 3.05) is 12.4 Å². The zero-order valence-electron chi connectivity index (χ0n) is 16.4. The molecule has 1 saturated carbocycles. The standard InChI is InChI=1S/C21H29N3O3/c1-14-8-7-9-15(2)18(14)23-20(27)21(12-5-4-6-13-21)24(3)19(26)16-10-11-17(25)22-16/h7-9,16H,4-6,10-13H2,1-3H3,(H,22,25)(H,23,27). The average Bonchev–Trinajstić information content (AvgIpc) is 3.10. The number of hydrogen-bond acceptors (Lipinski definition) is 3. The maximum Gasteiger partial charge on any atom is 0.250 e. The molecule has 27 heavy (non-hydrogen) atoms. The van der Waals surface area contributed by atoms with Crippen molar-refractivity contribution in [1.29, 1.82) is 0 Å². The first-order valence-electron chi connectivity index (χ1n) is 9.80. The Bertz CT molecular complexity index is 733. The fraction of sp³-hybridized carbons (Fsp3) is 0.571. The molecule has 1 saturated heterocycles. The van der Waals surface area contributed by atoms with E-state index in [1.807, 2.05) is 32.0 Å². The summed E-state index contributed by atoms with van der Waals surface area (Å²) in [5, 5.41) is 5.84. The van der Waals surface area contributed by atoms with Gasteiger partial charge in [-0.25, -0.2) is 0 Å². The van der Waals surface area contributed by atoms with Gasteiger partial charge in [-0.3, -0.25) is 14.4 Å². The summed E-state index contributed by atoms with van der Waals surface area (Å²) in [5.41, 5.74) is 1.97. The molecular weight excluding hydrogens is 342 g/mol. The summed E-state index contributed by atoms with van der Waals surface area (Å²) >= 11 is 0. The van der Waals surface area contributed by atoms with Crippen LogP contribution in [-0.2, 0) is 14.4 Å². The topological polar surface area (TPSA) is 78.5 Å². The van der Waals surface area contributed by atoms with Gasteiger partial charge in [0.1, 0.15) is 11.6 Å². The monoisotopic (exact) mass is 371 g/mol. The van der Waals surface area contributed by atoms with E-state index in [4.69, 9.17) is 0 Å². The molecule has 1 aromatic carbocycles. The summed E-state index contributed by atoms with van der Waals surface area (Å²) in [4.78, 5) is 39.6. The number of nitrogens with zero attached hydrogens (tertiary/aromatic N) is 1. The molecule has 2 fully saturated rings. The van der Waals surface area contributed by atoms with Crippen molar-refractivity contribution in [3.8, 4) is 0 Å². The van der Waals surface area contributed by atoms with Crippen LogP contribution in [0.2, 0.25) is 0 Å². The molecule has 2 N–H and O–H groups in total. The zero-order valence-corrected chi connectivity index (χ0v) is 16.4. The number of likely N-dealkylation sites (N-methyl/N-ethyl adjacent to an activating group) is 1. The lowest BCUT2D eigenvalue weighted by Crippen LogP contribution is -2.61. The van der Waals surface area contributed by atoms with Crippen molar-refractivity contribution in [3.05, 3.63) is 29.3 Å². The minimum Gasteiger partial charge on any atom is -0.344 e. The van der Waals surface area contributed by atoms with E-state index in [0.29, 0.717) is 25.7 Å². The molecule has 1 aromatic rings. The fourth-order valence-electron chi connectivity index (χ4n) is 4.34. The highest BCUT2D eigenvalue weighted by Crippen LogP contribution is 2.35. The molecule has 1 aliphatic heterocycles. The van der Waals surface area contributed by atoms with E-state index in [-0.39, 0.29) is 17.7 Å². The highest BCUT2D eigenvalue weighted by Gasteiger charge is 2.47. The van der Waals surface area contributed by atoms with Gasteiger partial charge in [-0.1, -0.05) is 37.5 Å². The summed E-state index contributed by atoms with van der Waals surface area (Å²) in [6.07, 6.45) is 5.05. The largest absolute Gasteiger partial charge is 0.344 e. The molecule has 3 rings (SSSR count). The van der Waals surface area contributed by atoms with Crippen LogP contribution in [0.3, 0.4) is 0 Å². The first-order chi connectivity index (χ1) is 12.8. The third kappa shape index (κ3) is 3.70. The lowest BCUT2D eigenvalue weighted by atomic mass is 9.79. The minimum atomic E-state index is -0.864. The molecule has 1 aliphatic carbocycles. The van der Waals surface area contributed by atoms with Gasteiger partial charge in [0, 0.05) is 19.2 Å². The van der Waals surface area contributed by atoms with E-state index in [1.54, 1.807) is 11.9 Å². The van der Waals surface area contributed by atoms with Crippen LogP contribution in [0, 0.1) is 13.8 Å². The van der Waals surface area contributed by atoms with E-state index in [9.17, 15) is 14.4 Å². The minimum absolute atomic E-state index is 0.0977. The number of rotatable bonds is 4. The third-order valence-corrected chi connectivity index (χ3v) is 6.09. The van der Waals surface area contributed by atoms with Crippen LogP contribution >= 0.6 is 0 Å². The number of carbonyl (C=O) groups is 3. The van der Waals surface area contributed by atoms with E-state index >= 15 is 0 Å². The van der Waals surface area contributed by atoms with E-state index in [1.165, 1.54) is 0 Å². The lowest BCUT2D eigenvalue weighted by molar-refractivity contribution is -0.147. The van der Waals surface area contributed by atoms with Crippen molar-refractivity contribution >= 4 is 23.4 Å². The summed E-state index contributed by atoms with van der Waals surface area (Å²) in [6.45, 7) is 3.94. The number of nitrogens with one attached hydrogen (secondary N) is 2. The summed E-state index contributed by atoms with van der Waals surface area (Å²) < 4.78 is 0. The van der Waals surface area contributed by atoms with Gasteiger partial charge in [0.25, 0.3) is 0 Å². The fourth-order valence-corrected chi connectivity index (χ4v) is 4.34. The first kappa shape index (κ1) is 19.4. The van der Waals surface area contributed by atoms with Gasteiger partial charge >= 0.3 is 0 Å². The molecule has 0 bridgehead atoms. The molecule has 1 atom stereocenters. The second-order valence-electron chi connectivity index (χ2n) is 7.87. The molecule has 6 nitrogen and oxygen atoms in total. The highest BCUT2D eigenvalue weighted by molar-refractivity contribution is 6.02. The molecule has 1 heterocycles. The van der Waals surface area contributed by atoms with E-state index in [0.717, 1.165) is 36.1 Å². The molecule has 1 unspecified atom stereocenters. The Hall–Kier alpha value is -2.37. The Labute approximate surface area is 160 Å². The second kappa shape index (κ2) is 7.71. The highest BCUT2D eigenvalue weighted by atomic mass is 16.2. The number of anilines is 1. The predicted molar refractivity (Wildman–Crippen MR) is 104 cm³/mol. The molecule has 3 amide bonds. The summed E-state index contributed by atoms with van der Waals surface area (Å²) in [7, 11) is 1.71. The van der Waals surface area contributed by atoms with Crippen LogP contribution in [0.15, 0.2) is 18.2 Å². The Kier molecular flexibility index (Phi) is 5.53. The Morgan fingerprint density at radius 3 is 2.33 bits per heavy atom. The first-order valence-corrected chi connectivity index (χ1v) is 9.80. The third-order valence-electron chi connectivity index (χ3n) is 6.09. The number of amides is 3.